The fourth-order valence-corrected chi connectivity index (χ4v) is 3.75. The van der Waals surface area contributed by atoms with Crippen LogP contribution in [0.2, 0.25) is 0 Å². The SMILES string of the molecule is CN=C(NCC(C)N1CCOCC1C)N1CCN(Cc2ccon2)CC1. The van der Waals surface area contributed by atoms with Crippen LogP contribution in [0.15, 0.2) is 21.8 Å². The summed E-state index contributed by atoms with van der Waals surface area (Å²) in [5, 5.41) is 7.56. The number of piperazine rings is 1. The van der Waals surface area contributed by atoms with E-state index in [1.54, 1.807) is 6.26 Å². The molecular formula is C18H32N6O2. The molecule has 2 atom stereocenters. The van der Waals surface area contributed by atoms with Gasteiger partial charge in [-0.05, 0) is 13.8 Å². The largest absolute Gasteiger partial charge is 0.379 e. The van der Waals surface area contributed by atoms with Gasteiger partial charge >= 0.3 is 0 Å². The summed E-state index contributed by atoms with van der Waals surface area (Å²) < 4.78 is 10.5. The number of morpholine rings is 1. The minimum Gasteiger partial charge on any atom is -0.379 e. The Morgan fingerprint density at radius 1 is 1.35 bits per heavy atom. The third-order valence-corrected chi connectivity index (χ3v) is 5.30. The fourth-order valence-electron chi connectivity index (χ4n) is 3.75. The Morgan fingerprint density at radius 3 is 2.81 bits per heavy atom. The van der Waals surface area contributed by atoms with Gasteiger partial charge in [0.15, 0.2) is 5.96 Å². The molecule has 0 amide bonds. The number of hydrogen-bond donors (Lipinski definition) is 1. The molecule has 0 aromatic carbocycles. The van der Waals surface area contributed by atoms with Crippen LogP contribution < -0.4 is 5.32 Å². The molecule has 3 heterocycles. The molecule has 26 heavy (non-hydrogen) atoms. The highest BCUT2D eigenvalue weighted by molar-refractivity contribution is 5.80. The molecule has 1 aromatic heterocycles. The lowest BCUT2D eigenvalue weighted by molar-refractivity contribution is -0.0175. The van der Waals surface area contributed by atoms with Gasteiger partial charge in [0.2, 0.25) is 0 Å². The molecular weight excluding hydrogens is 332 g/mol. The van der Waals surface area contributed by atoms with Crippen LogP contribution in [0.4, 0.5) is 0 Å². The van der Waals surface area contributed by atoms with Crippen LogP contribution in [0.1, 0.15) is 19.5 Å². The highest BCUT2D eigenvalue weighted by Gasteiger charge is 2.25. The van der Waals surface area contributed by atoms with Gasteiger partial charge in [-0.3, -0.25) is 14.8 Å². The van der Waals surface area contributed by atoms with Crippen molar-refractivity contribution in [2.24, 2.45) is 4.99 Å². The number of ether oxygens (including phenoxy) is 1. The molecule has 0 spiro atoms. The number of guanidine groups is 1. The molecule has 8 heteroatoms. The van der Waals surface area contributed by atoms with E-state index in [2.05, 4.69) is 44.0 Å². The molecule has 2 saturated heterocycles. The lowest BCUT2D eigenvalue weighted by Crippen LogP contribution is -2.55. The third-order valence-electron chi connectivity index (χ3n) is 5.30. The first kappa shape index (κ1) is 19.1. The van der Waals surface area contributed by atoms with Gasteiger partial charge in [-0.25, -0.2) is 0 Å². The maximum absolute atomic E-state index is 5.54. The van der Waals surface area contributed by atoms with Gasteiger partial charge in [-0.1, -0.05) is 5.16 Å². The first-order valence-electron chi connectivity index (χ1n) is 9.58. The third kappa shape index (κ3) is 4.96. The Balaban J connectivity index is 1.43. The molecule has 0 saturated carbocycles. The standard InChI is InChI=1S/C18H32N6O2/c1-15(24-9-11-25-14-16(24)2)12-20-18(19-3)23-7-5-22(6-8-23)13-17-4-10-26-21-17/h4,10,15-16H,5-9,11-14H2,1-3H3,(H,19,20). The van der Waals surface area contributed by atoms with Crippen LogP contribution in [-0.2, 0) is 11.3 Å². The van der Waals surface area contributed by atoms with Crippen molar-refractivity contribution in [1.82, 2.24) is 25.2 Å². The lowest BCUT2D eigenvalue weighted by Gasteiger charge is -2.39. The molecule has 146 valence electrons. The predicted octanol–water partition coefficient (Wildman–Crippen LogP) is 0.477. The normalized spacial score (nSPS) is 24.7. The Hall–Kier alpha value is -1.64. The Bertz CT molecular complexity index is 556. The smallest absolute Gasteiger partial charge is 0.193 e. The second kappa shape index (κ2) is 9.34. The second-order valence-corrected chi connectivity index (χ2v) is 7.19. The summed E-state index contributed by atoms with van der Waals surface area (Å²) in [4.78, 5) is 11.7. The fraction of sp³-hybridized carbons (Fsp3) is 0.778. The summed E-state index contributed by atoms with van der Waals surface area (Å²) in [6, 6.07) is 2.86. The molecule has 2 aliphatic heterocycles. The molecule has 3 rings (SSSR count). The zero-order valence-electron chi connectivity index (χ0n) is 16.2. The topological polar surface area (TPSA) is 69.4 Å². The summed E-state index contributed by atoms with van der Waals surface area (Å²) in [6.07, 6.45) is 1.63. The second-order valence-electron chi connectivity index (χ2n) is 7.19. The zero-order valence-corrected chi connectivity index (χ0v) is 16.2. The first-order chi connectivity index (χ1) is 12.7. The number of hydrogen-bond acceptors (Lipinski definition) is 6. The lowest BCUT2D eigenvalue weighted by atomic mass is 10.2. The number of rotatable bonds is 5. The van der Waals surface area contributed by atoms with E-state index in [-0.39, 0.29) is 0 Å². The molecule has 2 unspecified atom stereocenters. The quantitative estimate of drug-likeness (QED) is 0.602. The van der Waals surface area contributed by atoms with Crippen molar-refractivity contribution in [2.75, 3.05) is 59.5 Å². The highest BCUT2D eigenvalue weighted by atomic mass is 16.5. The maximum Gasteiger partial charge on any atom is 0.193 e. The Kier molecular flexibility index (Phi) is 6.87. The summed E-state index contributed by atoms with van der Waals surface area (Å²) in [5.41, 5.74) is 0.995. The van der Waals surface area contributed by atoms with Gasteiger partial charge in [0.05, 0.1) is 18.9 Å². The van der Waals surface area contributed by atoms with E-state index in [1.807, 2.05) is 13.1 Å². The molecule has 8 nitrogen and oxygen atoms in total. The number of aliphatic imine (C=N–C) groups is 1. The predicted molar refractivity (Wildman–Crippen MR) is 101 cm³/mol. The van der Waals surface area contributed by atoms with Crippen LogP contribution in [0.3, 0.4) is 0 Å². The van der Waals surface area contributed by atoms with Gasteiger partial charge in [-0.2, -0.15) is 0 Å². The molecule has 0 radical (unpaired) electrons. The van der Waals surface area contributed by atoms with Crippen LogP contribution in [0.5, 0.6) is 0 Å². The number of nitrogens with zero attached hydrogens (tertiary/aromatic N) is 5. The molecule has 2 fully saturated rings. The number of aromatic nitrogens is 1. The van der Waals surface area contributed by atoms with Gasteiger partial charge < -0.3 is 19.5 Å². The van der Waals surface area contributed by atoms with Crippen molar-refractivity contribution in [1.29, 1.82) is 0 Å². The van der Waals surface area contributed by atoms with Crippen molar-refractivity contribution in [3.05, 3.63) is 18.0 Å². The van der Waals surface area contributed by atoms with E-state index in [0.29, 0.717) is 12.1 Å². The highest BCUT2D eigenvalue weighted by Crippen LogP contribution is 2.11. The average Bonchev–Trinajstić information content (AvgIpc) is 3.16. The Labute approximate surface area is 156 Å². The monoisotopic (exact) mass is 364 g/mol. The van der Waals surface area contributed by atoms with Crippen molar-refractivity contribution >= 4 is 5.96 Å². The molecule has 1 N–H and O–H groups in total. The van der Waals surface area contributed by atoms with E-state index in [4.69, 9.17) is 9.26 Å². The summed E-state index contributed by atoms with van der Waals surface area (Å²) >= 11 is 0. The minimum atomic E-state index is 0.458. The van der Waals surface area contributed by atoms with Crippen LogP contribution >= 0.6 is 0 Å². The van der Waals surface area contributed by atoms with Gasteiger partial charge in [-0.15, -0.1) is 0 Å². The first-order valence-corrected chi connectivity index (χ1v) is 9.58. The summed E-state index contributed by atoms with van der Waals surface area (Å²) in [7, 11) is 1.87. The molecule has 0 bridgehead atoms. The van der Waals surface area contributed by atoms with Gasteiger partial charge in [0, 0.05) is 71.0 Å². The molecule has 0 aliphatic carbocycles. The number of nitrogens with one attached hydrogen (secondary N) is 1. The van der Waals surface area contributed by atoms with E-state index in [9.17, 15) is 0 Å². The van der Waals surface area contributed by atoms with Crippen molar-refractivity contribution in [3.8, 4) is 0 Å². The van der Waals surface area contributed by atoms with E-state index in [0.717, 1.165) is 70.7 Å². The van der Waals surface area contributed by atoms with Gasteiger partial charge in [0.25, 0.3) is 0 Å². The van der Waals surface area contributed by atoms with Crippen molar-refractivity contribution in [2.45, 2.75) is 32.5 Å². The minimum absolute atomic E-state index is 0.458. The van der Waals surface area contributed by atoms with Crippen molar-refractivity contribution < 1.29 is 9.26 Å². The Morgan fingerprint density at radius 2 is 2.15 bits per heavy atom. The van der Waals surface area contributed by atoms with E-state index < -0.39 is 0 Å². The van der Waals surface area contributed by atoms with Crippen LogP contribution in [0.25, 0.3) is 0 Å². The maximum atomic E-state index is 5.54. The summed E-state index contributed by atoms with van der Waals surface area (Å²) in [5.74, 6) is 0.999. The van der Waals surface area contributed by atoms with E-state index in [1.165, 1.54) is 0 Å². The van der Waals surface area contributed by atoms with Crippen molar-refractivity contribution in [3.63, 3.8) is 0 Å². The zero-order chi connectivity index (χ0) is 18.4. The van der Waals surface area contributed by atoms with Gasteiger partial charge in [0.1, 0.15) is 6.26 Å². The molecule has 1 aromatic rings. The van der Waals surface area contributed by atoms with E-state index >= 15 is 0 Å². The van der Waals surface area contributed by atoms with Crippen LogP contribution in [0, 0.1) is 0 Å². The molecule has 2 aliphatic rings. The average molecular weight is 364 g/mol. The summed E-state index contributed by atoms with van der Waals surface area (Å²) in [6.45, 7) is 12.9. The van der Waals surface area contributed by atoms with Crippen LogP contribution in [-0.4, -0.2) is 97.4 Å².